The van der Waals surface area contributed by atoms with Crippen molar-refractivity contribution in [1.82, 2.24) is 10.6 Å². The Morgan fingerprint density at radius 3 is 2.68 bits per heavy atom. The van der Waals surface area contributed by atoms with Gasteiger partial charge in [-0.2, -0.15) is 0 Å². The first kappa shape index (κ1) is 18.9. The molecule has 1 heterocycles. The van der Waals surface area contributed by atoms with Crippen LogP contribution in [0.4, 0.5) is 0 Å². The van der Waals surface area contributed by atoms with E-state index in [2.05, 4.69) is 41.9 Å². The van der Waals surface area contributed by atoms with Crippen molar-refractivity contribution < 1.29 is 9.90 Å². The Morgan fingerprint density at radius 2 is 1.91 bits per heavy atom. The van der Waals surface area contributed by atoms with Gasteiger partial charge in [0, 0.05) is 25.2 Å². The molecule has 0 aromatic rings. The van der Waals surface area contributed by atoms with Crippen LogP contribution in [-0.4, -0.2) is 29.8 Å². The first-order valence-corrected chi connectivity index (χ1v) is 8.74. The maximum atomic E-state index is 10.4. The van der Waals surface area contributed by atoms with Crippen molar-refractivity contribution in [2.45, 2.75) is 76.8 Å². The van der Waals surface area contributed by atoms with Crippen LogP contribution < -0.4 is 10.6 Å². The molecule has 0 saturated carbocycles. The Labute approximate surface area is 135 Å². The van der Waals surface area contributed by atoms with Crippen LogP contribution in [0.15, 0.2) is 24.3 Å². The number of hydrogen-bond donors (Lipinski definition) is 3. The minimum atomic E-state index is -0.709. The maximum Gasteiger partial charge on any atom is 0.303 e. The van der Waals surface area contributed by atoms with Gasteiger partial charge < -0.3 is 5.11 Å². The molecule has 3 N–H and O–H groups in total. The molecule has 0 amide bonds. The number of aliphatic carboxylic acids is 1. The van der Waals surface area contributed by atoms with Gasteiger partial charge in [-0.25, -0.2) is 0 Å². The molecule has 4 heteroatoms. The Bertz CT molecular complexity index is 353. The summed E-state index contributed by atoms with van der Waals surface area (Å²) in [7, 11) is 0. The van der Waals surface area contributed by atoms with Crippen LogP contribution in [0, 0.1) is 0 Å². The fourth-order valence-electron chi connectivity index (χ4n) is 2.67. The van der Waals surface area contributed by atoms with Crippen molar-refractivity contribution >= 4 is 5.97 Å². The quantitative estimate of drug-likeness (QED) is 0.381. The second-order valence-corrected chi connectivity index (χ2v) is 5.99. The first-order valence-electron chi connectivity index (χ1n) is 8.74. The molecule has 1 fully saturated rings. The van der Waals surface area contributed by atoms with Crippen molar-refractivity contribution in [3.05, 3.63) is 24.3 Å². The molecule has 126 valence electrons. The van der Waals surface area contributed by atoms with E-state index in [0.29, 0.717) is 12.1 Å². The van der Waals surface area contributed by atoms with Crippen molar-refractivity contribution in [2.24, 2.45) is 0 Å². The monoisotopic (exact) mass is 308 g/mol. The third-order valence-corrected chi connectivity index (χ3v) is 4.02. The lowest BCUT2D eigenvalue weighted by Crippen LogP contribution is -2.31. The summed E-state index contributed by atoms with van der Waals surface area (Å²) < 4.78 is 0. The lowest BCUT2D eigenvalue weighted by atomic mass is 10.0. The highest BCUT2D eigenvalue weighted by Crippen LogP contribution is 2.10. The summed E-state index contributed by atoms with van der Waals surface area (Å²) in [5.74, 6) is -0.709. The summed E-state index contributed by atoms with van der Waals surface area (Å²) in [6.07, 6.45) is 18.1. The lowest BCUT2D eigenvalue weighted by molar-refractivity contribution is -0.137. The van der Waals surface area contributed by atoms with Gasteiger partial charge in [0.05, 0.1) is 0 Å². The maximum absolute atomic E-state index is 10.4. The average molecular weight is 308 g/mol. The minimum absolute atomic E-state index is 0.261. The minimum Gasteiger partial charge on any atom is -0.481 e. The van der Waals surface area contributed by atoms with E-state index in [4.69, 9.17) is 5.11 Å². The van der Waals surface area contributed by atoms with E-state index in [1.807, 2.05) is 0 Å². The molecule has 22 heavy (non-hydrogen) atoms. The largest absolute Gasteiger partial charge is 0.481 e. The van der Waals surface area contributed by atoms with Crippen LogP contribution in [-0.2, 0) is 4.79 Å². The van der Waals surface area contributed by atoms with Gasteiger partial charge in [0.15, 0.2) is 0 Å². The molecule has 2 atom stereocenters. The van der Waals surface area contributed by atoms with Crippen molar-refractivity contribution in [3.63, 3.8) is 0 Å². The molecular weight excluding hydrogens is 276 g/mol. The number of hydrogen-bond acceptors (Lipinski definition) is 3. The van der Waals surface area contributed by atoms with Crippen LogP contribution in [0.25, 0.3) is 0 Å². The summed E-state index contributed by atoms with van der Waals surface area (Å²) in [4.78, 5) is 10.4. The Hall–Kier alpha value is -1.13. The third kappa shape index (κ3) is 9.00. The molecule has 0 spiro atoms. The molecule has 0 aromatic heterocycles. The number of nitrogens with one attached hydrogen (secondary N) is 2. The Morgan fingerprint density at radius 1 is 1.09 bits per heavy atom. The van der Waals surface area contributed by atoms with Gasteiger partial charge in [-0.3, -0.25) is 15.4 Å². The van der Waals surface area contributed by atoms with Gasteiger partial charge in [-0.05, 0) is 32.1 Å². The normalized spacial score (nSPS) is 22.0. The smallest absolute Gasteiger partial charge is 0.303 e. The summed E-state index contributed by atoms with van der Waals surface area (Å²) in [5.41, 5.74) is 0. The number of carbonyl (C=O) groups is 1. The number of carboxylic acid groups (broad SMARTS) is 1. The van der Waals surface area contributed by atoms with Crippen molar-refractivity contribution in [3.8, 4) is 0 Å². The molecule has 4 nitrogen and oxygen atoms in total. The topological polar surface area (TPSA) is 61.4 Å². The van der Waals surface area contributed by atoms with Crippen molar-refractivity contribution in [2.75, 3.05) is 6.67 Å². The lowest BCUT2D eigenvalue weighted by Gasteiger charge is -2.13. The molecule has 0 bridgehead atoms. The Kier molecular flexibility index (Phi) is 10.7. The molecule has 0 unspecified atom stereocenters. The molecule has 0 aromatic carbocycles. The van der Waals surface area contributed by atoms with E-state index >= 15 is 0 Å². The van der Waals surface area contributed by atoms with Crippen molar-refractivity contribution in [1.29, 1.82) is 0 Å². The summed E-state index contributed by atoms with van der Waals surface area (Å²) in [6.45, 7) is 3.10. The zero-order chi connectivity index (χ0) is 16.0. The number of rotatable bonds is 12. The van der Waals surface area contributed by atoms with E-state index in [-0.39, 0.29) is 6.42 Å². The van der Waals surface area contributed by atoms with Gasteiger partial charge in [-0.15, -0.1) is 0 Å². The van der Waals surface area contributed by atoms with Gasteiger partial charge in [0.2, 0.25) is 0 Å². The van der Waals surface area contributed by atoms with Crippen LogP contribution in [0.5, 0.6) is 0 Å². The number of unbranched alkanes of at least 4 members (excludes halogenated alkanes) is 5. The zero-order valence-electron chi connectivity index (χ0n) is 13.9. The summed E-state index contributed by atoms with van der Waals surface area (Å²) in [5, 5.41) is 15.5. The second kappa shape index (κ2) is 12.4. The van der Waals surface area contributed by atoms with Gasteiger partial charge in [-0.1, -0.05) is 50.5 Å². The average Bonchev–Trinajstić information content (AvgIpc) is 2.93. The van der Waals surface area contributed by atoms with E-state index in [0.717, 1.165) is 25.9 Å². The summed E-state index contributed by atoms with van der Waals surface area (Å²) >= 11 is 0. The van der Waals surface area contributed by atoms with Gasteiger partial charge in [0.25, 0.3) is 0 Å². The first-order chi connectivity index (χ1) is 10.7. The van der Waals surface area contributed by atoms with Crippen LogP contribution >= 0.6 is 0 Å². The molecule has 1 aliphatic heterocycles. The number of allylic oxidation sites excluding steroid dienone is 2. The van der Waals surface area contributed by atoms with E-state index in [9.17, 15) is 4.79 Å². The fraction of sp³-hybridized carbons (Fsp3) is 0.722. The highest BCUT2D eigenvalue weighted by atomic mass is 16.4. The fourth-order valence-corrected chi connectivity index (χ4v) is 2.67. The van der Waals surface area contributed by atoms with E-state index in [1.54, 1.807) is 0 Å². The molecular formula is C18H32N2O2. The predicted octanol–water partition coefficient (Wildman–Crippen LogP) is 3.60. The molecule has 1 rings (SSSR count). The Balaban J connectivity index is 2.15. The van der Waals surface area contributed by atoms with Gasteiger partial charge in [0.1, 0.15) is 0 Å². The zero-order valence-corrected chi connectivity index (χ0v) is 13.9. The molecule has 0 aliphatic carbocycles. The second-order valence-electron chi connectivity index (χ2n) is 5.99. The van der Waals surface area contributed by atoms with Crippen LogP contribution in [0.1, 0.15) is 64.7 Å². The molecule has 1 saturated heterocycles. The van der Waals surface area contributed by atoms with E-state index in [1.165, 1.54) is 32.1 Å². The van der Waals surface area contributed by atoms with Crippen LogP contribution in [0.2, 0.25) is 0 Å². The SMILES string of the molecule is CCCCCC/C=C/[C@H]1NCN[C@@H]1C/C=C\CCCC(=O)O. The van der Waals surface area contributed by atoms with Crippen LogP contribution in [0.3, 0.4) is 0 Å². The molecule has 0 radical (unpaired) electrons. The third-order valence-electron chi connectivity index (χ3n) is 4.02. The highest BCUT2D eigenvalue weighted by Gasteiger charge is 2.22. The highest BCUT2D eigenvalue weighted by molar-refractivity contribution is 5.66. The summed E-state index contributed by atoms with van der Waals surface area (Å²) in [6, 6.07) is 0.859. The number of carboxylic acids is 1. The molecule has 1 aliphatic rings. The van der Waals surface area contributed by atoms with Gasteiger partial charge >= 0.3 is 5.97 Å². The van der Waals surface area contributed by atoms with E-state index < -0.39 is 5.97 Å². The standard InChI is InChI=1S/C18H32N2O2/c1-2-3-4-5-6-9-12-16-17(20-15-19-16)13-10-7-8-11-14-18(21)22/h7,9-10,12,16-17,19-20H,2-6,8,11,13-15H2,1H3,(H,21,22)/b10-7-,12-9+/t16-,17-/m1/s1. The predicted molar refractivity (Wildman–Crippen MR) is 91.9 cm³/mol.